The number of likely N-dealkylation sites (tertiary alicyclic amines) is 1. The summed E-state index contributed by atoms with van der Waals surface area (Å²) in [5.41, 5.74) is 1.53. The van der Waals surface area contributed by atoms with Crippen molar-refractivity contribution in [2.45, 2.75) is 90.1 Å². The van der Waals surface area contributed by atoms with E-state index < -0.39 is 35.1 Å². The molecule has 0 aliphatic carbocycles. The molecule has 8 nitrogen and oxygen atoms in total. The number of amides is 3. The molecule has 2 unspecified atom stereocenters. The molecule has 2 aromatic rings. The molecule has 0 saturated carbocycles. The van der Waals surface area contributed by atoms with Gasteiger partial charge in [0.05, 0.1) is 30.1 Å². The van der Waals surface area contributed by atoms with Gasteiger partial charge in [-0.1, -0.05) is 81.5 Å². The van der Waals surface area contributed by atoms with E-state index in [4.69, 9.17) is 4.74 Å². The average molecular weight is 642 g/mol. The summed E-state index contributed by atoms with van der Waals surface area (Å²) in [7, 11) is 0. The van der Waals surface area contributed by atoms with Crippen LogP contribution in [0.5, 0.6) is 0 Å². The molecule has 3 saturated heterocycles. The minimum absolute atomic E-state index is 0.155. The van der Waals surface area contributed by atoms with Gasteiger partial charge in [-0.3, -0.25) is 14.4 Å². The zero-order valence-corrected chi connectivity index (χ0v) is 28.7. The summed E-state index contributed by atoms with van der Waals surface area (Å²) < 4.78 is 7.10. The summed E-state index contributed by atoms with van der Waals surface area (Å²) in [4.78, 5) is 50.0. The van der Waals surface area contributed by atoms with E-state index >= 15 is 4.79 Å². The molecule has 2 aromatic carbocycles. The number of ether oxygens (including phenoxy) is 1. The van der Waals surface area contributed by atoms with E-state index in [1.807, 2.05) is 83.1 Å². The molecule has 0 radical (unpaired) electrons. The molecule has 47 heavy (non-hydrogen) atoms. The predicted molar refractivity (Wildman–Crippen MR) is 185 cm³/mol. The van der Waals surface area contributed by atoms with Gasteiger partial charge in [0.2, 0.25) is 11.8 Å². The SMILES string of the molecule is C=CCN(Cc1ccccc1)C(=O)[C@@H]1[C@H]2C(=O)N([C@@H](CO)CC(C)C)C(C(=O)N(CC=C)c3c(C)cccc3C)C23CC[C@@]1(CC)O3. The average Bonchev–Trinajstić information content (AvgIpc) is 3.66. The molecule has 5 rings (SSSR count). The van der Waals surface area contributed by atoms with Crippen molar-refractivity contribution in [2.75, 3.05) is 24.6 Å². The number of nitrogens with zero attached hydrogens (tertiary/aromatic N) is 3. The fraction of sp³-hybridized carbons (Fsp3) is 0.513. The van der Waals surface area contributed by atoms with Gasteiger partial charge in [0.15, 0.2) is 0 Å². The molecule has 3 aliphatic rings. The van der Waals surface area contributed by atoms with E-state index in [-0.39, 0.29) is 36.8 Å². The van der Waals surface area contributed by atoms with Crippen LogP contribution in [0.1, 0.15) is 63.1 Å². The Hall–Kier alpha value is -3.75. The first-order valence-corrected chi connectivity index (χ1v) is 17.1. The Morgan fingerprint density at radius 3 is 2.26 bits per heavy atom. The first-order valence-electron chi connectivity index (χ1n) is 17.1. The second-order valence-electron chi connectivity index (χ2n) is 14.0. The quantitative estimate of drug-likeness (QED) is 0.272. The van der Waals surface area contributed by atoms with Crippen molar-refractivity contribution >= 4 is 23.4 Å². The van der Waals surface area contributed by atoms with Crippen LogP contribution in [0.4, 0.5) is 5.69 Å². The lowest BCUT2D eigenvalue weighted by Gasteiger charge is -2.40. The zero-order chi connectivity index (χ0) is 34.1. The number of aliphatic hydroxyl groups is 1. The highest BCUT2D eigenvalue weighted by Gasteiger charge is 2.79. The van der Waals surface area contributed by atoms with Gasteiger partial charge >= 0.3 is 0 Å². The van der Waals surface area contributed by atoms with Gasteiger partial charge in [0.25, 0.3) is 5.91 Å². The van der Waals surface area contributed by atoms with E-state index in [9.17, 15) is 14.7 Å². The van der Waals surface area contributed by atoms with Gasteiger partial charge < -0.3 is 24.5 Å². The van der Waals surface area contributed by atoms with Crippen molar-refractivity contribution in [2.24, 2.45) is 17.8 Å². The number of hydrogen-bond donors (Lipinski definition) is 1. The summed E-state index contributed by atoms with van der Waals surface area (Å²) in [5, 5.41) is 10.8. The normalized spacial score (nSPS) is 26.7. The van der Waals surface area contributed by atoms with Crippen molar-refractivity contribution < 1.29 is 24.2 Å². The third-order valence-corrected chi connectivity index (χ3v) is 10.6. The van der Waals surface area contributed by atoms with Crippen LogP contribution in [-0.2, 0) is 25.7 Å². The van der Waals surface area contributed by atoms with Crippen molar-refractivity contribution in [3.63, 3.8) is 0 Å². The topological polar surface area (TPSA) is 90.4 Å². The van der Waals surface area contributed by atoms with Crippen molar-refractivity contribution in [3.05, 3.63) is 90.5 Å². The van der Waals surface area contributed by atoms with Gasteiger partial charge in [-0.05, 0) is 62.1 Å². The summed E-state index contributed by atoms with van der Waals surface area (Å²) in [6.45, 7) is 18.5. The smallest absolute Gasteiger partial charge is 0.253 e. The van der Waals surface area contributed by atoms with Crippen molar-refractivity contribution in [3.8, 4) is 0 Å². The molecule has 2 bridgehead atoms. The predicted octanol–water partition coefficient (Wildman–Crippen LogP) is 5.60. The molecule has 1 N–H and O–H groups in total. The second kappa shape index (κ2) is 13.8. The van der Waals surface area contributed by atoms with E-state index in [1.54, 1.807) is 26.9 Å². The van der Waals surface area contributed by atoms with Crippen LogP contribution in [-0.4, -0.2) is 75.6 Å². The van der Waals surface area contributed by atoms with E-state index in [0.717, 1.165) is 22.4 Å². The lowest BCUT2D eigenvalue weighted by molar-refractivity contribution is -0.154. The van der Waals surface area contributed by atoms with Crippen LogP contribution in [0, 0.1) is 31.6 Å². The Morgan fingerprint density at radius 2 is 1.68 bits per heavy atom. The lowest BCUT2D eigenvalue weighted by Crippen LogP contribution is -2.59. The molecule has 0 aromatic heterocycles. The number of aryl methyl sites for hydroxylation is 2. The Labute approximate surface area is 280 Å². The summed E-state index contributed by atoms with van der Waals surface area (Å²) in [6.07, 6.45) is 5.48. The Bertz CT molecular complexity index is 1490. The second-order valence-corrected chi connectivity index (χ2v) is 14.0. The number of rotatable bonds is 14. The Balaban J connectivity index is 1.65. The van der Waals surface area contributed by atoms with Gasteiger partial charge in [0.1, 0.15) is 11.6 Å². The first kappa shape index (κ1) is 34.6. The molecule has 252 valence electrons. The number of carbonyl (C=O) groups excluding carboxylic acids is 3. The number of benzene rings is 2. The molecular weight excluding hydrogens is 590 g/mol. The summed E-state index contributed by atoms with van der Waals surface area (Å²) in [5.74, 6) is -2.19. The standard InChI is InChI=1S/C39H51N3O5/c1-8-21-40(24-29-17-12-11-13-18-29)35(44)31-32-36(45)42(30(25-43)23-26(4)5)34(39(32)20-19-38(31,10-3)47-39)37(46)41(22-9-2)33-27(6)15-14-16-28(33)7/h8-9,11-18,26,30-32,34,43H,1-2,10,19-25H2,3-7H3/t30-,31+,32+,34?,38-,39?/m1/s1. The molecular formula is C39H51N3O5. The maximum absolute atomic E-state index is 15.2. The maximum atomic E-state index is 15.2. The van der Waals surface area contributed by atoms with Crippen LogP contribution in [0.25, 0.3) is 0 Å². The fourth-order valence-electron chi connectivity index (χ4n) is 8.71. The van der Waals surface area contributed by atoms with Crippen LogP contribution >= 0.6 is 0 Å². The van der Waals surface area contributed by atoms with Gasteiger partial charge in [-0.2, -0.15) is 0 Å². The number of carbonyl (C=O) groups is 3. The van der Waals surface area contributed by atoms with E-state index in [2.05, 4.69) is 13.2 Å². The summed E-state index contributed by atoms with van der Waals surface area (Å²) >= 11 is 0. The van der Waals surface area contributed by atoms with Gasteiger partial charge in [0, 0.05) is 25.3 Å². The third kappa shape index (κ3) is 5.84. The van der Waals surface area contributed by atoms with E-state index in [0.29, 0.717) is 38.8 Å². The highest BCUT2D eigenvalue weighted by molar-refractivity contribution is 6.06. The number of para-hydroxylation sites is 1. The van der Waals surface area contributed by atoms with Crippen LogP contribution in [0.15, 0.2) is 73.8 Å². The minimum atomic E-state index is -1.21. The number of anilines is 1. The molecule has 8 heteroatoms. The largest absolute Gasteiger partial charge is 0.394 e. The number of fused-ring (bicyclic) bond motifs is 1. The maximum Gasteiger partial charge on any atom is 0.253 e. The monoisotopic (exact) mass is 641 g/mol. The molecule has 6 atom stereocenters. The molecule has 3 heterocycles. The Kier molecular flexibility index (Phi) is 10.1. The van der Waals surface area contributed by atoms with Crippen molar-refractivity contribution in [1.29, 1.82) is 0 Å². The fourth-order valence-corrected chi connectivity index (χ4v) is 8.71. The van der Waals surface area contributed by atoms with Crippen molar-refractivity contribution in [1.82, 2.24) is 9.80 Å². The molecule has 1 spiro atoms. The highest BCUT2D eigenvalue weighted by atomic mass is 16.5. The van der Waals surface area contributed by atoms with Gasteiger partial charge in [-0.15, -0.1) is 13.2 Å². The molecule has 3 amide bonds. The van der Waals surface area contributed by atoms with E-state index in [1.165, 1.54) is 0 Å². The van der Waals surface area contributed by atoms with Gasteiger partial charge in [-0.25, -0.2) is 0 Å². The third-order valence-electron chi connectivity index (χ3n) is 10.6. The zero-order valence-electron chi connectivity index (χ0n) is 28.7. The molecule has 3 fully saturated rings. The van der Waals surface area contributed by atoms with Crippen LogP contribution in [0.3, 0.4) is 0 Å². The van der Waals surface area contributed by atoms with Crippen LogP contribution < -0.4 is 4.90 Å². The molecule has 3 aliphatic heterocycles. The number of hydrogen-bond acceptors (Lipinski definition) is 5. The number of aliphatic hydroxyl groups excluding tert-OH is 1. The Morgan fingerprint density at radius 1 is 1.02 bits per heavy atom. The first-order chi connectivity index (χ1) is 22.5. The summed E-state index contributed by atoms with van der Waals surface area (Å²) in [6, 6.07) is 14.1. The lowest BCUT2D eigenvalue weighted by atomic mass is 9.64. The van der Waals surface area contributed by atoms with Crippen LogP contribution in [0.2, 0.25) is 0 Å². The highest BCUT2D eigenvalue weighted by Crippen LogP contribution is 2.65. The minimum Gasteiger partial charge on any atom is -0.394 e.